The molecule has 0 aromatic carbocycles. The Labute approximate surface area is 95.0 Å². The minimum atomic E-state index is -0.337. The van der Waals surface area contributed by atoms with Crippen LogP contribution in [-0.2, 0) is 4.74 Å². The first-order chi connectivity index (χ1) is 7.81. The van der Waals surface area contributed by atoms with Gasteiger partial charge < -0.3 is 10.1 Å². The quantitative estimate of drug-likeness (QED) is 0.770. The Hall–Kier alpha value is -1.42. The molecule has 1 N–H and O–H groups in total. The lowest BCUT2D eigenvalue weighted by atomic mass is 10.0. The van der Waals surface area contributed by atoms with Gasteiger partial charge in [0.1, 0.15) is 0 Å². The Bertz CT molecular complexity index is 356. The van der Waals surface area contributed by atoms with Crippen LogP contribution in [0.5, 0.6) is 0 Å². The van der Waals surface area contributed by atoms with Gasteiger partial charge in [-0.2, -0.15) is 0 Å². The molecule has 0 spiro atoms. The number of aromatic nitrogens is 1. The number of pyridine rings is 1. The van der Waals surface area contributed by atoms with Gasteiger partial charge in [-0.3, -0.25) is 4.98 Å². The first kappa shape index (κ1) is 11.1. The molecule has 1 saturated heterocycles. The molecule has 2 rings (SSSR count). The SMILES string of the molecule is COC(=O)c1ccc(C2CCCCN2)nc1. The van der Waals surface area contributed by atoms with Crippen molar-refractivity contribution in [1.29, 1.82) is 0 Å². The van der Waals surface area contributed by atoms with Gasteiger partial charge in [0.05, 0.1) is 18.4 Å². The summed E-state index contributed by atoms with van der Waals surface area (Å²) in [5.74, 6) is -0.337. The van der Waals surface area contributed by atoms with E-state index in [2.05, 4.69) is 15.0 Å². The fourth-order valence-corrected chi connectivity index (χ4v) is 1.95. The summed E-state index contributed by atoms with van der Waals surface area (Å²) in [6.07, 6.45) is 5.16. The van der Waals surface area contributed by atoms with Crippen molar-refractivity contribution in [3.8, 4) is 0 Å². The van der Waals surface area contributed by atoms with Crippen molar-refractivity contribution in [2.75, 3.05) is 13.7 Å². The maximum Gasteiger partial charge on any atom is 0.339 e. The Morgan fingerprint density at radius 3 is 2.94 bits per heavy atom. The molecule has 0 amide bonds. The molecule has 1 aliphatic rings. The number of nitrogens with zero attached hydrogens (tertiary/aromatic N) is 1. The van der Waals surface area contributed by atoms with Gasteiger partial charge in [-0.05, 0) is 31.5 Å². The fourth-order valence-electron chi connectivity index (χ4n) is 1.95. The van der Waals surface area contributed by atoms with Crippen LogP contribution in [0.2, 0.25) is 0 Å². The smallest absolute Gasteiger partial charge is 0.339 e. The molecule has 1 aliphatic heterocycles. The second-order valence-electron chi connectivity index (χ2n) is 3.97. The summed E-state index contributed by atoms with van der Waals surface area (Å²) in [7, 11) is 1.37. The minimum absolute atomic E-state index is 0.334. The predicted molar refractivity (Wildman–Crippen MR) is 60.2 cm³/mol. The van der Waals surface area contributed by atoms with E-state index in [1.807, 2.05) is 6.07 Å². The molecule has 1 fully saturated rings. The van der Waals surface area contributed by atoms with Crippen LogP contribution in [0.25, 0.3) is 0 Å². The summed E-state index contributed by atoms with van der Waals surface area (Å²) in [6, 6.07) is 4.00. The van der Waals surface area contributed by atoms with Crippen molar-refractivity contribution >= 4 is 5.97 Å². The highest BCUT2D eigenvalue weighted by Gasteiger charge is 2.16. The molecule has 2 heterocycles. The van der Waals surface area contributed by atoms with Gasteiger partial charge in [0.2, 0.25) is 0 Å². The Kier molecular flexibility index (Phi) is 3.51. The third kappa shape index (κ3) is 2.39. The van der Waals surface area contributed by atoms with Gasteiger partial charge >= 0.3 is 5.97 Å². The lowest BCUT2D eigenvalue weighted by molar-refractivity contribution is 0.0600. The molecule has 4 nitrogen and oxygen atoms in total. The normalized spacial score (nSPS) is 20.4. The van der Waals surface area contributed by atoms with E-state index in [4.69, 9.17) is 0 Å². The molecule has 0 radical (unpaired) electrons. The number of hydrogen-bond acceptors (Lipinski definition) is 4. The van der Waals surface area contributed by atoms with Crippen LogP contribution < -0.4 is 5.32 Å². The highest BCUT2D eigenvalue weighted by atomic mass is 16.5. The maximum atomic E-state index is 11.2. The Morgan fingerprint density at radius 1 is 1.50 bits per heavy atom. The van der Waals surface area contributed by atoms with E-state index in [9.17, 15) is 4.79 Å². The number of ether oxygens (including phenoxy) is 1. The van der Waals surface area contributed by atoms with Crippen molar-refractivity contribution in [2.45, 2.75) is 25.3 Å². The van der Waals surface area contributed by atoms with Crippen LogP contribution in [0, 0.1) is 0 Å². The topological polar surface area (TPSA) is 51.2 Å². The van der Waals surface area contributed by atoms with Gasteiger partial charge in [0.25, 0.3) is 0 Å². The maximum absolute atomic E-state index is 11.2. The summed E-state index contributed by atoms with van der Waals surface area (Å²) in [5, 5.41) is 3.42. The van der Waals surface area contributed by atoms with Crippen molar-refractivity contribution in [3.05, 3.63) is 29.6 Å². The molecule has 16 heavy (non-hydrogen) atoms. The predicted octanol–water partition coefficient (Wildman–Crippen LogP) is 1.68. The van der Waals surface area contributed by atoms with Gasteiger partial charge in [-0.15, -0.1) is 0 Å². The van der Waals surface area contributed by atoms with Gasteiger partial charge in [-0.1, -0.05) is 6.42 Å². The number of piperidine rings is 1. The number of hydrogen-bond donors (Lipinski definition) is 1. The fraction of sp³-hybridized carbons (Fsp3) is 0.500. The Morgan fingerprint density at radius 2 is 2.38 bits per heavy atom. The average Bonchev–Trinajstić information content (AvgIpc) is 2.39. The van der Waals surface area contributed by atoms with E-state index in [0.29, 0.717) is 11.6 Å². The van der Waals surface area contributed by atoms with Gasteiger partial charge in [0.15, 0.2) is 0 Å². The molecule has 1 atom stereocenters. The van der Waals surface area contributed by atoms with E-state index in [-0.39, 0.29) is 5.97 Å². The van der Waals surface area contributed by atoms with E-state index in [1.165, 1.54) is 20.0 Å². The second-order valence-corrected chi connectivity index (χ2v) is 3.97. The molecule has 4 heteroatoms. The summed E-state index contributed by atoms with van der Waals surface area (Å²) in [4.78, 5) is 15.5. The van der Waals surface area contributed by atoms with Crippen LogP contribution in [-0.4, -0.2) is 24.6 Å². The van der Waals surface area contributed by atoms with Gasteiger partial charge in [-0.25, -0.2) is 4.79 Å². The van der Waals surface area contributed by atoms with Crippen LogP contribution >= 0.6 is 0 Å². The number of rotatable bonds is 2. The molecular formula is C12H16N2O2. The lowest BCUT2D eigenvalue weighted by Gasteiger charge is -2.22. The molecule has 0 bridgehead atoms. The zero-order valence-electron chi connectivity index (χ0n) is 9.40. The molecule has 1 aromatic heterocycles. The van der Waals surface area contributed by atoms with E-state index in [0.717, 1.165) is 18.7 Å². The Balaban J connectivity index is 2.09. The molecule has 0 aliphatic carbocycles. The third-order valence-electron chi connectivity index (χ3n) is 2.87. The summed E-state index contributed by atoms with van der Waals surface area (Å²) in [5.41, 5.74) is 1.51. The number of carbonyl (C=O) groups excluding carboxylic acids is 1. The van der Waals surface area contributed by atoms with Crippen LogP contribution in [0.1, 0.15) is 41.4 Å². The number of esters is 1. The van der Waals surface area contributed by atoms with E-state index < -0.39 is 0 Å². The summed E-state index contributed by atoms with van der Waals surface area (Å²) >= 11 is 0. The number of carbonyl (C=O) groups is 1. The first-order valence-corrected chi connectivity index (χ1v) is 5.59. The van der Waals surface area contributed by atoms with Crippen LogP contribution in [0.15, 0.2) is 18.3 Å². The lowest BCUT2D eigenvalue weighted by Crippen LogP contribution is -2.27. The zero-order valence-corrected chi connectivity index (χ0v) is 9.40. The van der Waals surface area contributed by atoms with Crippen molar-refractivity contribution < 1.29 is 9.53 Å². The van der Waals surface area contributed by atoms with Crippen molar-refractivity contribution in [1.82, 2.24) is 10.3 Å². The largest absolute Gasteiger partial charge is 0.465 e. The van der Waals surface area contributed by atoms with Gasteiger partial charge in [0, 0.05) is 12.2 Å². The molecule has 86 valence electrons. The molecule has 1 unspecified atom stereocenters. The first-order valence-electron chi connectivity index (χ1n) is 5.59. The summed E-state index contributed by atoms with van der Waals surface area (Å²) in [6.45, 7) is 1.05. The van der Waals surface area contributed by atoms with E-state index in [1.54, 1.807) is 12.3 Å². The average molecular weight is 220 g/mol. The number of nitrogens with one attached hydrogen (secondary N) is 1. The number of methoxy groups -OCH3 is 1. The second kappa shape index (κ2) is 5.07. The monoisotopic (exact) mass is 220 g/mol. The minimum Gasteiger partial charge on any atom is -0.465 e. The molecule has 0 saturated carbocycles. The van der Waals surface area contributed by atoms with Crippen LogP contribution in [0.3, 0.4) is 0 Å². The van der Waals surface area contributed by atoms with Crippen molar-refractivity contribution in [3.63, 3.8) is 0 Å². The zero-order chi connectivity index (χ0) is 11.4. The third-order valence-corrected chi connectivity index (χ3v) is 2.87. The molecule has 1 aromatic rings. The highest BCUT2D eigenvalue weighted by molar-refractivity contribution is 5.88. The highest BCUT2D eigenvalue weighted by Crippen LogP contribution is 2.21. The van der Waals surface area contributed by atoms with Crippen molar-refractivity contribution in [2.24, 2.45) is 0 Å². The van der Waals surface area contributed by atoms with E-state index >= 15 is 0 Å². The standard InChI is InChI=1S/C12H16N2O2/c1-16-12(15)9-5-6-11(14-8-9)10-4-2-3-7-13-10/h5-6,8,10,13H,2-4,7H2,1H3. The summed E-state index contributed by atoms with van der Waals surface area (Å²) < 4.78 is 4.63. The van der Waals surface area contributed by atoms with Crippen LogP contribution in [0.4, 0.5) is 0 Å². The molecular weight excluding hydrogens is 204 g/mol.